The first kappa shape index (κ1) is 15.4. The lowest BCUT2D eigenvalue weighted by molar-refractivity contribution is -0.123. The molecule has 4 nitrogen and oxygen atoms in total. The van der Waals surface area contributed by atoms with Crippen LogP contribution in [0.4, 0.5) is 0 Å². The molecule has 2 heterocycles. The third-order valence-electron chi connectivity index (χ3n) is 3.12. The quantitative estimate of drug-likeness (QED) is 0.857. The van der Waals surface area contributed by atoms with E-state index in [9.17, 15) is 4.79 Å². The minimum Gasteiger partial charge on any atom is -0.348 e. The van der Waals surface area contributed by atoms with Gasteiger partial charge in [-0.1, -0.05) is 6.07 Å². The molecular weight excluding hydrogens is 270 g/mol. The Kier molecular flexibility index (Phi) is 6.08. The number of nitrogens with zero attached hydrogens (tertiary/aromatic N) is 1. The average molecular weight is 290 g/mol. The number of carbonyl (C=O) groups excluding carboxylic acids is 1. The maximum Gasteiger partial charge on any atom is 0.234 e. The second-order valence-corrected chi connectivity index (χ2v) is 5.51. The van der Waals surface area contributed by atoms with Gasteiger partial charge in [-0.2, -0.15) is 0 Å². The molecule has 0 saturated carbocycles. The predicted molar refractivity (Wildman–Crippen MR) is 77.4 cm³/mol. The maximum atomic E-state index is 11.8. The molecule has 1 fully saturated rings. The van der Waals surface area contributed by atoms with Gasteiger partial charge >= 0.3 is 0 Å². The Bertz CT molecular complexity index is 367. The van der Waals surface area contributed by atoms with E-state index in [1.54, 1.807) is 11.3 Å². The fourth-order valence-electron chi connectivity index (χ4n) is 1.84. The molecule has 1 unspecified atom stereocenters. The molecule has 6 heteroatoms. The highest BCUT2D eigenvalue weighted by molar-refractivity contribution is 7.10. The zero-order chi connectivity index (χ0) is 12.3. The lowest BCUT2D eigenvalue weighted by Gasteiger charge is -2.35. The van der Waals surface area contributed by atoms with Crippen molar-refractivity contribution in [1.82, 2.24) is 15.5 Å². The Morgan fingerprint density at radius 1 is 1.67 bits per heavy atom. The highest BCUT2D eigenvalue weighted by Crippen LogP contribution is 2.17. The zero-order valence-electron chi connectivity index (χ0n) is 10.7. The summed E-state index contributed by atoms with van der Waals surface area (Å²) in [6.45, 7) is 4.48. The number of halogens is 1. The number of rotatable bonds is 5. The lowest BCUT2D eigenvalue weighted by Crippen LogP contribution is -2.57. The number of hydrogen-bond acceptors (Lipinski definition) is 4. The van der Waals surface area contributed by atoms with Gasteiger partial charge in [-0.05, 0) is 25.4 Å². The molecule has 2 N–H and O–H groups in total. The molecule has 0 radical (unpaired) electrons. The number of carbonyl (C=O) groups is 1. The van der Waals surface area contributed by atoms with E-state index in [-0.39, 0.29) is 24.4 Å². The molecule has 1 aliphatic heterocycles. The van der Waals surface area contributed by atoms with Gasteiger partial charge in [0.15, 0.2) is 0 Å². The Balaban J connectivity index is 0.00000162. The van der Waals surface area contributed by atoms with Crippen LogP contribution < -0.4 is 10.6 Å². The summed E-state index contributed by atoms with van der Waals surface area (Å²) >= 11 is 1.68. The second-order valence-electron chi connectivity index (χ2n) is 4.53. The van der Waals surface area contributed by atoms with Gasteiger partial charge in [-0.3, -0.25) is 9.69 Å². The van der Waals surface area contributed by atoms with E-state index in [2.05, 4.69) is 21.6 Å². The van der Waals surface area contributed by atoms with Crippen molar-refractivity contribution in [2.24, 2.45) is 0 Å². The monoisotopic (exact) mass is 289 g/mol. The van der Waals surface area contributed by atoms with Crippen LogP contribution in [0, 0.1) is 0 Å². The Morgan fingerprint density at radius 3 is 2.89 bits per heavy atom. The summed E-state index contributed by atoms with van der Waals surface area (Å²) in [5.74, 6) is 0.0975. The van der Waals surface area contributed by atoms with E-state index in [0.717, 1.165) is 13.1 Å². The van der Waals surface area contributed by atoms with Gasteiger partial charge in [0.2, 0.25) is 5.91 Å². The number of nitrogens with one attached hydrogen (secondary N) is 2. The number of amides is 1. The fourth-order valence-corrected chi connectivity index (χ4v) is 2.57. The molecule has 0 spiro atoms. The van der Waals surface area contributed by atoms with Gasteiger partial charge < -0.3 is 10.6 Å². The molecule has 1 atom stereocenters. The molecule has 1 aliphatic rings. The van der Waals surface area contributed by atoms with Crippen molar-refractivity contribution in [2.45, 2.75) is 19.0 Å². The van der Waals surface area contributed by atoms with Crippen molar-refractivity contribution in [3.05, 3.63) is 22.4 Å². The number of hydrogen-bond donors (Lipinski definition) is 2. The number of thiophene rings is 1. The van der Waals surface area contributed by atoms with Crippen LogP contribution in [-0.2, 0) is 4.79 Å². The van der Waals surface area contributed by atoms with E-state index in [0.29, 0.717) is 12.6 Å². The molecular formula is C12H20ClN3OS. The predicted octanol–water partition coefficient (Wildman–Crippen LogP) is 1.25. The Labute approximate surface area is 118 Å². The van der Waals surface area contributed by atoms with Crippen molar-refractivity contribution in [1.29, 1.82) is 0 Å². The molecule has 102 valence electrons. The first-order valence-electron chi connectivity index (χ1n) is 5.90. The van der Waals surface area contributed by atoms with Crippen LogP contribution in [0.1, 0.15) is 17.8 Å². The van der Waals surface area contributed by atoms with Crippen molar-refractivity contribution in [3.63, 3.8) is 0 Å². The van der Waals surface area contributed by atoms with Crippen molar-refractivity contribution >= 4 is 29.7 Å². The zero-order valence-corrected chi connectivity index (χ0v) is 12.3. The third kappa shape index (κ3) is 3.95. The lowest BCUT2D eigenvalue weighted by atomic mass is 10.1. The van der Waals surface area contributed by atoms with Gasteiger partial charge in [0.1, 0.15) is 0 Å². The molecule has 2 rings (SSSR count). The van der Waals surface area contributed by atoms with Crippen LogP contribution in [0.15, 0.2) is 17.5 Å². The summed E-state index contributed by atoms with van der Waals surface area (Å²) in [6, 6.07) is 4.68. The van der Waals surface area contributed by atoms with Crippen LogP contribution in [0.25, 0.3) is 0 Å². The van der Waals surface area contributed by atoms with Crippen molar-refractivity contribution in [2.75, 3.05) is 26.7 Å². The Morgan fingerprint density at radius 2 is 2.39 bits per heavy atom. The third-order valence-corrected chi connectivity index (χ3v) is 4.18. The summed E-state index contributed by atoms with van der Waals surface area (Å²) in [7, 11) is 2.00. The van der Waals surface area contributed by atoms with E-state index in [4.69, 9.17) is 0 Å². The van der Waals surface area contributed by atoms with E-state index < -0.39 is 0 Å². The molecule has 1 saturated heterocycles. The average Bonchev–Trinajstić information content (AvgIpc) is 2.66. The SMILES string of the molecule is CC(NC(=O)CN(C)C1CNC1)c1cccs1.Cl. The smallest absolute Gasteiger partial charge is 0.234 e. The van der Waals surface area contributed by atoms with Gasteiger partial charge in [0.05, 0.1) is 12.6 Å². The van der Waals surface area contributed by atoms with Gasteiger partial charge in [0.25, 0.3) is 0 Å². The first-order chi connectivity index (χ1) is 8.16. The van der Waals surface area contributed by atoms with E-state index in [1.165, 1.54) is 4.88 Å². The highest BCUT2D eigenvalue weighted by atomic mass is 35.5. The topological polar surface area (TPSA) is 44.4 Å². The van der Waals surface area contributed by atoms with Gasteiger partial charge in [0, 0.05) is 24.0 Å². The van der Waals surface area contributed by atoms with Crippen molar-refractivity contribution < 1.29 is 4.79 Å². The summed E-state index contributed by atoms with van der Waals surface area (Å²) in [5.41, 5.74) is 0. The fraction of sp³-hybridized carbons (Fsp3) is 0.583. The highest BCUT2D eigenvalue weighted by Gasteiger charge is 2.23. The molecule has 1 amide bonds. The van der Waals surface area contributed by atoms with Crippen LogP contribution in [0.3, 0.4) is 0 Å². The molecule has 0 bridgehead atoms. The minimum atomic E-state index is 0. The molecule has 18 heavy (non-hydrogen) atoms. The molecule has 0 aliphatic carbocycles. The van der Waals surface area contributed by atoms with Crippen molar-refractivity contribution in [3.8, 4) is 0 Å². The molecule has 1 aromatic rings. The van der Waals surface area contributed by atoms with Crippen LogP contribution in [0.2, 0.25) is 0 Å². The standard InChI is InChI=1S/C12H19N3OS.ClH/c1-9(11-4-3-5-17-11)14-12(16)8-15(2)10-6-13-7-10;/h3-5,9-10,13H,6-8H2,1-2H3,(H,14,16);1H. The minimum absolute atomic E-state index is 0. The van der Waals surface area contributed by atoms with Crippen LogP contribution >= 0.6 is 23.7 Å². The largest absolute Gasteiger partial charge is 0.348 e. The maximum absolute atomic E-state index is 11.8. The Hall–Kier alpha value is -0.620. The van der Waals surface area contributed by atoms with Gasteiger partial charge in [-0.15, -0.1) is 23.7 Å². The first-order valence-corrected chi connectivity index (χ1v) is 6.78. The second kappa shape index (κ2) is 7.09. The normalized spacial score (nSPS) is 16.8. The molecule has 1 aromatic heterocycles. The summed E-state index contributed by atoms with van der Waals surface area (Å²) < 4.78 is 0. The summed E-state index contributed by atoms with van der Waals surface area (Å²) in [6.07, 6.45) is 0. The number of likely N-dealkylation sites (N-methyl/N-ethyl adjacent to an activating group) is 1. The van der Waals surface area contributed by atoms with Crippen LogP contribution in [0.5, 0.6) is 0 Å². The van der Waals surface area contributed by atoms with E-state index >= 15 is 0 Å². The van der Waals surface area contributed by atoms with E-state index in [1.807, 2.05) is 25.4 Å². The summed E-state index contributed by atoms with van der Waals surface area (Å²) in [5, 5.41) is 8.26. The van der Waals surface area contributed by atoms with Crippen LogP contribution in [-0.4, -0.2) is 43.5 Å². The van der Waals surface area contributed by atoms with Gasteiger partial charge in [-0.25, -0.2) is 0 Å². The molecule has 0 aromatic carbocycles. The summed E-state index contributed by atoms with van der Waals surface area (Å²) in [4.78, 5) is 15.1.